The number of rotatable bonds is 1. The molecule has 0 atom stereocenters. The molecule has 0 radical (unpaired) electrons. The summed E-state index contributed by atoms with van der Waals surface area (Å²) in [5, 5.41) is 3.75. The van der Waals surface area contributed by atoms with Gasteiger partial charge in [-0.25, -0.2) is 13.6 Å². The lowest BCUT2D eigenvalue weighted by molar-refractivity contribution is 0.145. The van der Waals surface area contributed by atoms with Crippen molar-refractivity contribution in [1.29, 1.82) is 0 Å². The third kappa shape index (κ3) is 17.7. The number of aromatic nitrogens is 7. The van der Waals surface area contributed by atoms with Gasteiger partial charge in [0, 0.05) is 69.6 Å². The molecule has 0 bridgehead atoms. The molecule has 8 nitrogen and oxygen atoms in total. The van der Waals surface area contributed by atoms with E-state index in [0.717, 1.165) is 50.4 Å². The molecule has 6 aromatic heterocycles. The van der Waals surface area contributed by atoms with E-state index in [9.17, 15) is 8.78 Å². The molecule has 8 aromatic rings. The minimum absolute atomic E-state index is 0.273. The fourth-order valence-corrected chi connectivity index (χ4v) is 4.70. The van der Waals surface area contributed by atoms with Gasteiger partial charge >= 0.3 is 0 Å². The first-order valence-electron chi connectivity index (χ1n) is 17.9. The Bertz CT molecular complexity index is 2350. The zero-order valence-corrected chi connectivity index (χ0v) is 34.9. The van der Waals surface area contributed by atoms with Gasteiger partial charge in [0.15, 0.2) is 0 Å². The van der Waals surface area contributed by atoms with Crippen LogP contribution < -0.4 is 0 Å². The molecule has 0 aliphatic carbocycles. The van der Waals surface area contributed by atoms with Gasteiger partial charge in [0.2, 0.25) is 5.69 Å². The van der Waals surface area contributed by atoms with Crippen LogP contribution in [0.5, 0.6) is 0 Å². The molecule has 12 heteroatoms. The second-order valence-electron chi connectivity index (χ2n) is 12.7. The summed E-state index contributed by atoms with van der Waals surface area (Å²) < 4.78 is 23.6. The smallest absolute Gasteiger partial charge is 0.273 e. The highest BCUT2D eigenvalue weighted by Crippen LogP contribution is 2.18. The number of alkyl halides is 2. The van der Waals surface area contributed by atoms with Crippen molar-refractivity contribution in [3.8, 4) is 0 Å². The van der Waals surface area contributed by atoms with Crippen molar-refractivity contribution in [3.63, 3.8) is 0 Å². The fourth-order valence-electron chi connectivity index (χ4n) is 4.41. The highest BCUT2D eigenvalue weighted by molar-refractivity contribution is 6.31. The van der Waals surface area contributed by atoms with Crippen LogP contribution in [0.15, 0.2) is 134 Å². The molecule has 0 aliphatic rings. The Morgan fingerprint density at radius 1 is 0.500 bits per heavy atom. The van der Waals surface area contributed by atoms with E-state index in [0.29, 0.717) is 16.4 Å². The third-order valence-corrected chi connectivity index (χ3v) is 7.99. The molecule has 0 aliphatic heterocycles. The standard InChI is InChI=1S/C10H8ClN.C10H9N.C7H6N2.C7H9N.C6H6ClN.C6H6F2N2/c1-7-2-3-8-6-9(11)4-5-10(8)12-7;1-8-4-5-9-3-2-6-11-10(9)7-8;1-6-3-4-7(8-2)5-9-6;1-6-3-4-7(2)8-5-6;1-5-2-3-6(7)4-8-5;1-4-2-10-5(3-9-4)6(7)8/h2-6H,1H3;2-7H,1H3;3-5H,1H3;3-5H,1-2H3;2-4H,1H3;2-3,6H,1H3. The van der Waals surface area contributed by atoms with Crippen LogP contribution in [0.1, 0.15) is 51.7 Å². The zero-order chi connectivity index (χ0) is 42.5. The van der Waals surface area contributed by atoms with Gasteiger partial charge in [-0.2, -0.15) is 0 Å². The van der Waals surface area contributed by atoms with Crippen LogP contribution in [0.4, 0.5) is 14.5 Å². The first-order chi connectivity index (χ1) is 27.7. The number of hydrogen-bond donors (Lipinski definition) is 0. The molecule has 0 saturated heterocycles. The Kier molecular flexibility index (Phi) is 19.4. The Morgan fingerprint density at radius 2 is 1.10 bits per heavy atom. The zero-order valence-electron chi connectivity index (χ0n) is 33.4. The summed E-state index contributed by atoms with van der Waals surface area (Å²) in [4.78, 5) is 30.9. The number of benzene rings is 2. The lowest BCUT2D eigenvalue weighted by Crippen LogP contribution is -1.91. The fraction of sp³-hybridized carbons (Fsp3) is 0.174. The number of aryl methyl sites for hydroxylation is 7. The van der Waals surface area contributed by atoms with Crippen molar-refractivity contribution in [1.82, 2.24) is 34.9 Å². The van der Waals surface area contributed by atoms with E-state index < -0.39 is 6.43 Å². The van der Waals surface area contributed by atoms with Gasteiger partial charge < -0.3 is 0 Å². The van der Waals surface area contributed by atoms with Crippen molar-refractivity contribution < 1.29 is 8.78 Å². The predicted molar refractivity (Wildman–Crippen MR) is 233 cm³/mol. The van der Waals surface area contributed by atoms with Crippen molar-refractivity contribution >= 4 is 50.7 Å². The van der Waals surface area contributed by atoms with Gasteiger partial charge in [0.25, 0.3) is 6.43 Å². The maximum atomic E-state index is 11.8. The van der Waals surface area contributed by atoms with Crippen molar-refractivity contribution in [2.45, 2.75) is 54.9 Å². The van der Waals surface area contributed by atoms with Crippen LogP contribution in [0.2, 0.25) is 10.0 Å². The second-order valence-corrected chi connectivity index (χ2v) is 13.6. The van der Waals surface area contributed by atoms with E-state index in [2.05, 4.69) is 77.0 Å². The van der Waals surface area contributed by atoms with Crippen LogP contribution in [0.25, 0.3) is 26.7 Å². The highest BCUT2D eigenvalue weighted by Gasteiger charge is 2.07. The summed E-state index contributed by atoms with van der Waals surface area (Å²) >= 11 is 11.4. The third-order valence-electron chi connectivity index (χ3n) is 7.54. The van der Waals surface area contributed by atoms with Gasteiger partial charge in [0.05, 0.1) is 34.5 Å². The lowest BCUT2D eigenvalue weighted by Gasteiger charge is -1.98. The molecule has 0 spiro atoms. The number of fused-ring (bicyclic) bond motifs is 2. The molecule has 0 N–H and O–H groups in total. The molecule has 58 heavy (non-hydrogen) atoms. The van der Waals surface area contributed by atoms with E-state index in [1.54, 1.807) is 25.4 Å². The van der Waals surface area contributed by atoms with E-state index in [1.807, 2.05) is 108 Å². The minimum Gasteiger partial charge on any atom is -0.273 e. The summed E-state index contributed by atoms with van der Waals surface area (Å²) in [5.74, 6) is 0. The maximum Gasteiger partial charge on any atom is 0.281 e. The van der Waals surface area contributed by atoms with Crippen molar-refractivity contribution in [2.24, 2.45) is 0 Å². The van der Waals surface area contributed by atoms with Crippen LogP contribution >= 0.6 is 23.2 Å². The highest BCUT2D eigenvalue weighted by atomic mass is 35.5. The number of nitrogens with zero attached hydrogens (tertiary/aromatic N) is 8. The van der Waals surface area contributed by atoms with Gasteiger partial charge in [-0.3, -0.25) is 34.9 Å². The summed E-state index contributed by atoms with van der Waals surface area (Å²) in [6.07, 6.45) is 6.78. The van der Waals surface area contributed by atoms with Gasteiger partial charge in [-0.05, 0) is 114 Å². The number of pyridine rings is 5. The topological polar surface area (TPSA) is 94.6 Å². The first-order valence-corrected chi connectivity index (χ1v) is 18.7. The lowest BCUT2D eigenvalue weighted by atomic mass is 10.1. The monoisotopic (exact) mass is 816 g/mol. The summed E-state index contributed by atoms with van der Waals surface area (Å²) in [5.41, 5.74) is 9.58. The van der Waals surface area contributed by atoms with E-state index in [1.165, 1.54) is 22.7 Å². The number of halogens is 4. The molecule has 8 rings (SSSR count). The van der Waals surface area contributed by atoms with Crippen molar-refractivity contribution in [2.75, 3.05) is 0 Å². The quantitative estimate of drug-likeness (QED) is 0.152. The Balaban J connectivity index is 0.000000187. The van der Waals surface area contributed by atoms with Crippen LogP contribution in [-0.4, -0.2) is 34.9 Å². The Morgan fingerprint density at radius 3 is 1.66 bits per heavy atom. The molecule has 0 fully saturated rings. The van der Waals surface area contributed by atoms with Crippen LogP contribution in [0, 0.1) is 55.0 Å². The largest absolute Gasteiger partial charge is 0.281 e. The Labute approximate surface area is 348 Å². The van der Waals surface area contributed by atoms with Gasteiger partial charge in [0.1, 0.15) is 5.69 Å². The molecule has 6 heterocycles. The SMILES string of the molecule is Cc1ccc(C)nc1.Cc1ccc(Cl)cn1.Cc1ccc2cc(Cl)ccc2n1.Cc1ccc2cccnc2c1.Cc1cnc(C(F)F)cn1.[C-]#[N+]c1ccc(C)nc1. The average molecular weight is 818 g/mol. The summed E-state index contributed by atoms with van der Waals surface area (Å²) in [6, 6.07) is 31.4. The maximum absolute atomic E-state index is 11.8. The minimum atomic E-state index is -2.52. The normalized spacial score (nSPS) is 9.78. The van der Waals surface area contributed by atoms with E-state index in [-0.39, 0.29) is 5.69 Å². The van der Waals surface area contributed by atoms with E-state index >= 15 is 0 Å². The van der Waals surface area contributed by atoms with Crippen molar-refractivity contribution in [3.05, 3.63) is 201 Å². The van der Waals surface area contributed by atoms with Crippen LogP contribution in [-0.2, 0) is 0 Å². The van der Waals surface area contributed by atoms with E-state index in [4.69, 9.17) is 29.8 Å². The molecule has 0 saturated carbocycles. The second kappa shape index (κ2) is 24.4. The predicted octanol–water partition coefficient (Wildman–Crippen LogP) is 13.1. The van der Waals surface area contributed by atoms with Gasteiger partial charge in [-0.1, -0.05) is 65.7 Å². The first kappa shape index (κ1) is 46.1. The van der Waals surface area contributed by atoms with Gasteiger partial charge in [-0.15, -0.1) is 0 Å². The molecule has 2 aromatic carbocycles. The summed E-state index contributed by atoms with van der Waals surface area (Å²) in [7, 11) is 0. The molecule has 0 amide bonds. The molecular formula is C46H44Cl2F2N8. The number of hydrogen-bond acceptors (Lipinski definition) is 7. The molecule has 0 unspecified atom stereocenters. The summed E-state index contributed by atoms with van der Waals surface area (Å²) in [6.45, 7) is 20.2. The molecular weight excluding hydrogens is 773 g/mol. The Hall–Kier alpha value is -6.28. The molecule has 296 valence electrons. The van der Waals surface area contributed by atoms with Crippen LogP contribution in [0.3, 0.4) is 0 Å². The average Bonchev–Trinajstić information content (AvgIpc) is 3.22.